The van der Waals surface area contributed by atoms with Gasteiger partial charge >= 0.3 is 0 Å². The lowest BCUT2D eigenvalue weighted by atomic mass is 10.1. The van der Waals surface area contributed by atoms with Crippen molar-refractivity contribution in [3.8, 4) is 0 Å². The Bertz CT molecular complexity index is 420. The highest BCUT2D eigenvalue weighted by Gasteiger charge is 2.16. The zero-order chi connectivity index (χ0) is 18.7. The number of unbranched alkanes of at least 4 members (excludes halogenated alkanes) is 5. The van der Waals surface area contributed by atoms with Crippen LogP contribution in [-0.4, -0.2) is 82.1 Å². The lowest BCUT2D eigenvalue weighted by Gasteiger charge is -2.30. The third-order valence-electron chi connectivity index (χ3n) is 4.81. The van der Waals surface area contributed by atoms with Crippen molar-refractivity contribution in [1.29, 1.82) is 0 Å². The average molecular weight is 367 g/mol. The van der Waals surface area contributed by atoms with Crippen molar-refractivity contribution >= 4 is 10.1 Å². The molecule has 0 fully saturated rings. The quantitative estimate of drug-likeness (QED) is 0.275. The van der Waals surface area contributed by atoms with Crippen LogP contribution < -0.4 is 0 Å². The number of hydrogen-bond donors (Lipinski definition) is 1. The van der Waals surface area contributed by atoms with Gasteiger partial charge in [-0.15, -0.1) is 0 Å². The van der Waals surface area contributed by atoms with Gasteiger partial charge in [0.2, 0.25) is 0 Å². The Labute approximate surface area is 151 Å². The summed E-state index contributed by atoms with van der Waals surface area (Å²) >= 11 is 0. The summed E-state index contributed by atoms with van der Waals surface area (Å²) in [7, 11) is 5.13. The smallest absolute Gasteiger partial charge is 0.265 e. The summed E-state index contributed by atoms with van der Waals surface area (Å²) in [6.07, 6.45) is 9.47. The summed E-state index contributed by atoms with van der Waals surface area (Å²) in [6, 6.07) is 0. The monoisotopic (exact) mass is 366 g/mol. The molecule has 0 unspecified atom stereocenters. The maximum atomic E-state index is 10.8. The molecule has 0 aromatic heterocycles. The fraction of sp³-hybridized carbons (Fsp3) is 1.00. The van der Waals surface area contributed by atoms with Crippen molar-refractivity contribution < 1.29 is 21.9 Å². The van der Waals surface area contributed by atoms with Crippen LogP contribution >= 0.6 is 0 Å². The van der Waals surface area contributed by atoms with Gasteiger partial charge in [-0.2, -0.15) is 8.42 Å². The molecule has 0 heterocycles. The highest BCUT2D eigenvalue weighted by Crippen LogP contribution is 2.10. The van der Waals surface area contributed by atoms with Crippen molar-refractivity contribution in [3.05, 3.63) is 0 Å². The predicted octanol–water partition coefficient (Wildman–Crippen LogP) is 3.17. The molecule has 0 aromatic rings. The molecule has 0 atom stereocenters. The summed E-state index contributed by atoms with van der Waals surface area (Å²) in [4.78, 5) is 0. The molecule has 0 saturated heterocycles. The Morgan fingerprint density at radius 2 is 1.04 bits per heavy atom. The van der Waals surface area contributed by atoms with E-state index < -0.39 is 10.1 Å². The van der Waals surface area contributed by atoms with Crippen molar-refractivity contribution in [3.63, 3.8) is 0 Å². The Kier molecular flexibility index (Phi) is 11.4. The molecule has 0 radical (unpaired) electrons. The number of rotatable bonds is 15. The fourth-order valence-electron chi connectivity index (χ4n) is 3.09. The molecular weight excluding hydrogens is 324 g/mol. The molecule has 0 amide bonds. The summed E-state index contributed by atoms with van der Waals surface area (Å²) in [5, 5.41) is 0. The van der Waals surface area contributed by atoms with E-state index in [2.05, 4.69) is 35.1 Å². The van der Waals surface area contributed by atoms with Crippen molar-refractivity contribution in [2.75, 3.05) is 60.1 Å². The van der Waals surface area contributed by atoms with Gasteiger partial charge in [-0.1, -0.05) is 19.8 Å². The van der Waals surface area contributed by atoms with Crippen LogP contribution in [0, 0.1) is 0 Å². The third kappa shape index (κ3) is 15.4. The van der Waals surface area contributed by atoms with Gasteiger partial charge in [0.1, 0.15) is 0 Å². The third-order valence-corrected chi connectivity index (χ3v) is 5.61. The van der Waals surface area contributed by atoms with E-state index in [4.69, 9.17) is 4.55 Å². The maximum Gasteiger partial charge on any atom is 0.265 e. The summed E-state index contributed by atoms with van der Waals surface area (Å²) in [5.41, 5.74) is 0. The van der Waals surface area contributed by atoms with Gasteiger partial charge in [0.15, 0.2) is 0 Å². The van der Waals surface area contributed by atoms with Crippen LogP contribution in [0.15, 0.2) is 0 Å². The Morgan fingerprint density at radius 3 is 1.46 bits per heavy atom. The second-order valence-corrected chi connectivity index (χ2v) is 10.1. The summed E-state index contributed by atoms with van der Waals surface area (Å²) in [6.45, 7) is 6.68. The molecule has 0 bridgehead atoms. The van der Waals surface area contributed by atoms with Gasteiger partial charge in [-0.25, -0.2) is 0 Å². The minimum absolute atomic E-state index is 0.124. The molecule has 6 heteroatoms. The Hall–Kier alpha value is -0.170. The number of quaternary nitrogens is 2. The van der Waals surface area contributed by atoms with E-state index in [-0.39, 0.29) is 5.75 Å². The van der Waals surface area contributed by atoms with E-state index in [9.17, 15) is 8.42 Å². The van der Waals surface area contributed by atoms with Gasteiger partial charge < -0.3 is 8.97 Å². The molecule has 0 spiro atoms. The van der Waals surface area contributed by atoms with E-state index in [0.717, 1.165) is 22.1 Å². The Balaban J connectivity index is 3.67. The highest BCUT2D eigenvalue weighted by molar-refractivity contribution is 7.85. The number of hydrogen-bond acceptors (Lipinski definition) is 2. The SMILES string of the molecule is CCCC[N+](C)(C)CCCCCCC[N+](C)(C)CCCS(=O)(=O)O. The van der Waals surface area contributed by atoms with Gasteiger partial charge in [0, 0.05) is 6.42 Å². The standard InChI is InChI=1S/C18H41N2O3S/c1-6-7-14-19(2,3)15-11-9-8-10-12-16-20(4,5)17-13-18-24(21,22)23/h6-18H2,1-5H3/q+1/p+1. The molecule has 24 heavy (non-hydrogen) atoms. The minimum Gasteiger partial charge on any atom is -0.328 e. The van der Waals surface area contributed by atoms with Crippen molar-refractivity contribution in [2.24, 2.45) is 0 Å². The minimum atomic E-state index is -3.81. The molecular formula is C18H42N2O3S+2. The zero-order valence-corrected chi connectivity index (χ0v) is 17.6. The molecule has 0 saturated carbocycles. The molecule has 0 rings (SSSR count). The van der Waals surface area contributed by atoms with E-state index in [1.807, 2.05) is 0 Å². The second-order valence-electron chi connectivity index (χ2n) is 8.53. The largest absolute Gasteiger partial charge is 0.328 e. The molecule has 146 valence electrons. The van der Waals surface area contributed by atoms with E-state index >= 15 is 0 Å². The van der Waals surface area contributed by atoms with Gasteiger partial charge in [0.05, 0.1) is 60.1 Å². The lowest BCUT2D eigenvalue weighted by molar-refractivity contribution is -0.890. The normalized spacial score (nSPS) is 13.4. The van der Waals surface area contributed by atoms with Crippen molar-refractivity contribution in [1.82, 2.24) is 0 Å². The average Bonchev–Trinajstić information content (AvgIpc) is 2.42. The van der Waals surface area contributed by atoms with Gasteiger partial charge in [-0.05, 0) is 32.1 Å². The van der Waals surface area contributed by atoms with Crippen LogP contribution in [0.4, 0.5) is 0 Å². The zero-order valence-electron chi connectivity index (χ0n) is 16.8. The topological polar surface area (TPSA) is 54.4 Å². The van der Waals surface area contributed by atoms with Crippen LogP contribution in [0.1, 0.15) is 58.3 Å². The summed E-state index contributed by atoms with van der Waals surface area (Å²) < 4.78 is 32.3. The molecule has 0 aliphatic rings. The molecule has 0 aromatic carbocycles. The van der Waals surface area contributed by atoms with Gasteiger partial charge in [-0.3, -0.25) is 4.55 Å². The maximum absolute atomic E-state index is 10.8. The number of nitrogens with zero attached hydrogens (tertiary/aromatic N) is 2. The second kappa shape index (κ2) is 11.4. The first-order valence-corrected chi connectivity index (χ1v) is 11.2. The molecule has 0 aliphatic heterocycles. The van der Waals surface area contributed by atoms with Crippen LogP contribution in [0.2, 0.25) is 0 Å². The van der Waals surface area contributed by atoms with Crippen LogP contribution in [0.25, 0.3) is 0 Å². The molecule has 1 N–H and O–H groups in total. The van der Waals surface area contributed by atoms with Crippen LogP contribution in [0.5, 0.6) is 0 Å². The highest BCUT2D eigenvalue weighted by atomic mass is 32.2. The van der Waals surface area contributed by atoms with Gasteiger partial charge in [0.25, 0.3) is 10.1 Å². The van der Waals surface area contributed by atoms with E-state index in [0.29, 0.717) is 6.42 Å². The first-order valence-electron chi connectivity index (χ1n) is 9.57. The van der Waals surface area contributed by atoms with E-state index in [1.54, 1.807) is 0 Å². The van der Waals surface area contributed by atoms with Crippen molar-refractivity contribution in [2.45, 2.75) is 58.3 Å². The first kappa shape index (κ1) is 23.8. The Morgan fingerprint density at radius 1 is 0.667 bits per heavy atom. The first-order chi connectivity index (χ1) is 11.0. The molecule has 0 aliphatic carbocycles. The summed E-state index contributed by atoms with van der Waals surface area (Å²) in [5.74, 6) is -0.124. The molecule has 5 nitrogen and oxygen atoms in total. The van der Waals surface area contributed by atoms with Crippen LogP contribution in [-0.2, 0) is 10.1 Å². The van der Waals surface area contributed by atoms with E-state index in [1.165, 1.54) is 58.0 Å². The fourth-order valence-corrected chi connectivity index (χ4v) is 3.59. The van der Waals surface area contributed by atoms with Crippen LogP contribution in [0.3, 0.4) is 0 Å². The lowest BCUT2D eigenvalue weighted by Crippen LogP contribution is -2.41. The predicted molar refractivity (Wildman–Crippen MR) is 103 cm³/mol.